The number of aromatic hydroxyl groups is 1. The first-order valence-corrected chi connectivity index (χ1v) is 7.93. The molecule has 2 rings (SSSR count). The van der Waals surface area contributed by atoms with Crippen LogP contribution in [-0.2, 0) is 9.31 Å². The van der Waals surface area contributed by atoms with Gasteiger partial charge in [0, 0.05) is 0 Å². The maximum Gasteiger partial charge on any atom is 0.480 e. The van der Waals surface area contributed by atoms with Gasteiger partial charge in [-0.3, -0.25) is 0 Å². The summed E-state index contributed by atoms with van der Waals surface area (Å²) in [5.74, 6) is -0.292. The Morgan fingerprint density at radius 2 is 1.50 bits per heavy atom. The second-order valence-electron chi connectivity index (χ2n) is 5.98. The van der Waals surface area contributed by atoms with Gasteiger partial charge in [0.05, 0.1) is 26.1 Å². The van der Waals surface area contributed by atoms with Crippen LogP contribution in [0.15, 0.2) is 21.1 Å². The van der Waals surface area contributed by atoms with Crippen molar-refractivity contribution in [1.82, 2.24) is 0 Å². The van der Waals surface area contributed by atoms with Gasteiger partial charge in [-0.05, 0) is 77.3 Å². The quantitative estimate of drug-likeness (QED) is 0.737. The minimum atomic E-state index is -0.525. The van der Waals surface area contributed by atoms with Crippen LogP contribution in [0, 0.1) is 0 Å². The Bertz CT molecular complexity index is 497. The topological polar surface area (TPSA) is 64.7 Å². The number of halogens is 2. The minimum absolute atomic E-state index is 0.148. The molecule has 0 spiro atoms. The molecule has 1 aliphatic rings. The molecular formula is C13H18BBr2NO3. The van der Waals surface area contributed by atoms with Crippen LogP contribution in [0.25, 0.3) is 0 Å². The molecule has 110 valence electrons. The Kier molecular flexibility index (Phi) is 4.31. The van der Waals surface area contributed by atoms with E-state index in [2.05, 4.69) is 31.9 Å². The summed E-state index contributed by atoms with van der Waals surface area (Å²) in [6.07, 6.45) is 0. The van der Waals surface area contributed by atoms with Crippen LogP contribution in [0.5, 0.6) is 5.75 Å². The van der Waals surface area contributed by atoms with E-state index in [9.17, 15) is 5.11 Å². The number of phenols is 1. The van der Waals surface area contributed by atoms with E-state index in [1.165, 1.54) is 0 Å². The van der Waals surface area contributed by atoms with Gasteiger partial charge in [0.25, 0.3) is 0 Å². The van der Waals surface area contributed by atoms with E-state index in [0.29, 0.717) is 8.95 Å². The molecule has 0 saturated carbocycles. The SMILES string of the molecule is CC1(C)OB([C@@H](N)c2cc(Br)c(O)c(Br)c2)OC1(C)C. The second kappa shape index (κ2) is 5.28. The summed E-state index contributed by atoms with van der Waals surface area (Å²) in [4.78, 5) is 0. The number of hydrogen-bond donors (Lipinski definition) is 2. The standard InChI is InChI=1S/C13H18BBr2NO3/c1-12(2)13(3,4)20-14(19-12)11(17)7-5-8(15)10(18)9(16)6-7/h5-6,11,18H,17H2,1-4H3/t11-/m0/s1. The largest absolute Gasteiger partial charge is 0.506 e. The van der Waals surface area contributed by atoms with Crippen molar-refractivity contribution in [2.24, 2.45) is 5.73 Å². The maximum absolute atomic E-state index is 9.75. The van der Waals surface area contributed by atoms with E-state index in [1.54, 1.807) is 12.1 Å². The first kappa shape index (κ1) is 16.3. The van der Waals surface area contributed by atoms with Crippen LogP contribution < -0.4 is 5.73 Å². The molecule has 3 N–H and O–H groups in total. The van der Waals surface area contributed by atoms with Gasteiger partial charge in [-0.2, -0.15) is 0 Å². The van der Waals surface area contributed by atoms with Crippen molar-refractivity contribution in [3.05, 3.63) is 26.6 Å². The van der Waals surface area contributed by atoms with Crippen molar-refractivity contribution in [3.63, 3.8) is 0 Å². The molecule has 0 amide bonds. The van der Waals surface area contributed by atoms with Crippen molar-refractivity contribution in [2.75, 3.05) is 0 Å². The molecule has 1 atom stereocenters. The molecule has 0 radical (unpaired) electrons. The first-order valence-electron chi connectivity index (χ1n) is 6.34. The monoisotopic (exact) mass is 405 g/mol. The normalized spacial score (nSPS) is 22.1. The van der Waals surface area contributed by atoms with Gasteiger partial charge in [-0.15, -0.1) is 0 Å². The van der Waals surface area contributed by atoms with E-state index in [4.69, 9.17) is 15.0 Å². The predicted molar refractivity (Wildman–Crippen MR) is 86.5 cm³/mol. The highest BCUT2D eigenvalue weighted by Gasteiger charge is 2.53. The Morgan fingerprint density at radius 1 is 1.10 bits per heavy atom. The third-order valence-corrected chi connectivity index (χ3v) is 5.20. The lowest BCUT2D eigenvalue weighted by atomic mass is 9.75. The van der Waals surface area contributed by atoms with Gasteiger partial charge in [-0.1, -0.05) is 0 Å². The van der Waals surface area contributed by atoms with E-state index >= 15 is 0 Å². The van der Waals surface area contributed by atoms with Gasteiger partial charge in [0.2, 0.25) is 0 Å². The van der Waals surface area contributed by atoms with Gasteiger partial charge in [0.15, 0.2) is 0 Å². The van der Waals surface area contributed by atoms with Crippen molar-refractivity contribution in [1.29, 1.82) is 0 Å². The molecule has 1 heterocycles. The molecule has 1 fully saturated rings. The van der Waals surface area contributed by atoms with E-state index in [0.717, 1.165) is 5.56 Å². The summed E-state index contributed by atoms with van der Waals surface area (Å²) in [6.45, 7) is 7.95. The van der Waals surface area contributed by atoms with Gasteiger partial charge in [-0.25, -0.2) is 0 Å². The van der Waals surface area contributed by atoms with Gasteiger partial charge in [0.1, 0.15) is 5.75 Å². The molecule has 1 aromatic rings. The van der Waals surface area contributed by atoms with Crippen LogP contribution in [0.4, 0.5) is 0 Å². The van der Waals surface area contributed by atoms with E-state index < -0.39 is 24.3 Å². The lowest BCUT2D eigenvalue weighted by Crippen LogP contribution is -2.41. The third kappa shape index (κ3) is 2.79. The molecule has 1 aliphatic heterocycles. The summed E-state index contributed by atoms with van der Waals surface area (Å²) in [5, 5.41) is 9.75. The number of rotatable bonds is 2. The lowest BCUT2D eigenvalue weighted by Gasteiger charge is -2.32. The summed E-state index contributed by atoms with van der Waals surface area (Å²) in [6, 6.07) is 3.55. The third-order valence-electron chi connectivity index (χ3n) is 3.99. The molecule has 1 saturated heterocycles. The maximum atomic E-state index is 9.75. The fourth-order valence-electron chi connectivity index (χ4n) is 1.97. The molecular weight excluding hydrogens is 389 g/mol. The second-order valence-corrected chi connectivity index (χ2v) is 7.69. The Morgan fingerprint density at radius 3 is 1.90 bits per heavy atom. The van der Waals surface area contributed by atoms with Crippen molar-refractivity contribution < 1.29 is 14.4 Å². The van der Waals surface area contributed by atoms with Crippen LogP contribution in [0.2, 0.25) is 0 Å². The fourth-order valence-corrected chi connectivity index (χ4v) is 3.19. The van der Waals surface area contributed by atoms with E-state index in [-0.39, 0.29) is 5.75 Å². The first-order chi connectivity index (χ1) is 9.05. The fraction of sp³-hybridized carbons (Fsp3) is 0.538. The number of hydrogen-bond acceptors (Lipinski definition) is 4. The Labute approximate surface area is 136 Å². The molecule has 0 aliphatic carbocycles. The number of phenolic OH excluding ortho intramolecular Hbond substituents is 1. The molecule has 0 aromatic heterocycles. The molecule has 20 heavy (non-hydrogen) atoms. The molecule has 4 nitrogen and oxygen atoms in total. The van der Waals surface area contributed by atoms with Gasteiger partial charge >= 0.3 is 7.12 Å². The van der Waals surface area contributed by atoms with E-state index in [1.807, 2.05) is 27.7 Å². The molecule has 0 bridgehead atoms. The highest BCUT2D eigenvalue weighted by atomic mass is 79.9. The lowest BCUT2D eigenvalue weighted by molar-refractivity contribution is 0.00578. The summed E-state index contributed by atoms with van der Waals surface area (Å²) < 4.78 is 13.1. The molecule has 7 heteroatoms. The van der Waals surface area contributed by atoms with Crippen molar-refractivity contribution in [3.8, 4) is 5.75 Å². The summed E-state index contributed by atoms with van der Waals surface area (Å²) in [7, 11) is -0.525. The zero-order chi connectivity index (χ0) is 15.3. The average molecular weight is 407 g/mol. The average Bonchev–Trinajstić information content (AvgIpc) is 2.54. The summed E-state index contributed by atoms with van der Waals surface area (Å²) in [5.41, 5.74) is 6.24. The number of benzene rings is 1. The highest BCUT2D eigenvalue weighted by Crippen LogP contribution is 2.41. The zero-order valence-electron chi connectivity index (χ0n) is 11.9. The van der Waals surface area contributed by atoms with Crippen LogP contribution in [-0.4, -0.2) is 23.4 Å². The molecule has 0 unspecified atom stereocenters. The number of nitrogens with two attached hydrogens (primary N) is 1. The van der Waals surface area contributed by atoms with Crippen molar-refractivity contribution in [2.45, 2.75) is 44.8 Å². The smallest absolute Gasteiger partial charge is 0.480 e. The molecule has 1 aromatic carbocycles. The predicted octanol–water partition coefficient (Wildman–Crippen LogP) is 3.55. The highest BCUT2D eigenvalue weighted by molar-refractivity contribution is 9.11. The van der Waals surface area contributed by atoms with Gasteiger partial charge < -0.3 is 20.1 Å². The van der Waals surface area contributed by atoms with Crippen molar-refractivity contribution >= 4 is 39.0 Å². The Hall–Kier alpha value is -0.0751. The van der Waals surface area contributed by atoms with Crippen LogP contribution >= 0.6 is 31.9 Å². The Balaban J connectivity index is 2.28. The summed E-state index contributed by atoms with van der Waals surface area (Å²) >= 11 is 6.60. The van der Waals surface area contributed by atoms with Crippen LogP contribution in [0.3, 0.4) is 0 Å². The minimum Gasteiger partial charge on any atom is -0.506 e. The van der Waals surface area contributed by atoms with Crippen LogP contribution in [0.1, 0.15) is 39.2 Å². The zero-order valence-corrected chi connectivity index (χ0v) is 15.1.